The second kappa shape index (κ2) is 11.7. The van der Waals surface area contributed by atoms with Crippen molar-refractivity contribution in [2.24, 2.45) is 11.8 Å². The summed E-state index contributed by atoms with van der Waals surface area (Å²) in [6.07, 6.45) is -4.46. The lowest BCUT2D eigenvalue weighted by Crippen LogP contribution is -2.34. The van der Waals surface area contributed by atoms with Crippen LogP contribution in [0.5, 0.6) is 0 Å². The molecule has 0 aliphatic heterocycles. The van der Waals surface area contributed by atoms with Crippen LogP contribution < -0.4 is 5.32 Å². The maximum Gasteiger partial charge on any atom is 0.392 e. The van der Waals surface area contributed by atoms with Crippen molar-refractivity contribution < 1.29 is 27.5 Å². The number of anilines is 1. The molecule has 0 saturated carbocycles. The number of carbonyl (C=O) groups excluding carboxylic acids is 2. The van der Waals surface area contributed by atoms with Gasteiger partial charge in [0.2, 0.25) is 5.91 Å². The van der Waals surface area contributed by atoms with Crippen LogP contribution in [0.15, 0.2) is 42.5 Å². The van der Waals surface area contributed by atoms with Crippen LogP contribution in [0.2, 0.25) is 5.02 Å². The molecule has 2 aromatic rings. The van der Waals surface area contributed by atoms with E-state index in [9.17, 15) is 22.8 Å². The number of alkyl halides is 3. The van der Waals surface area contributed by atoms with Crippen molar-refractivity contribution in [1.82, 2.24) is 0 Å². The summed E-state index contributed by atoms with van der Waals surface area (Å²) in [6, 6.07) is 11.6. The molecule has 0 radical (unpaired) electrons. The molecule has 0 heterocycles. The van der Waals surface area contributed by atoms with Gasteiger partial charge in [-0.05, 0) is 46.1 Å². The van der Waals surface area contributed by atoms with Gasteiger partial charge in [-0.2, -0.15) is 13.2 Å². The molecule has 2 aromatic carbocycles. The molecule has 1 N–H and O–H groups in total. The van der Waals surface area contributed by atoms with Gasteiger partial charge in [-0.15, -0.1) is 0 Å². The number of amides is 1. The molecule has 0 aliphatic rings. The van der Waals surface area contributed by atoms with Crippen LogP contribution in [-0.4, -0.2) is 25.2 Å². The van der Waals surface area contributed by atoms with Gasteiger partial charge in [-0.3, -0.25) is 9.59 Å². The number of methoxy groups -OCH3 is 1. The molecule has 198 valence electrons. The van der Waals surface area contributed by atoms with Gasteiger partial charge in [0.1, 0.15) is 0 Å². The highest BCUT2D eigenvalue weighted by Gasteiger charge is 2.45. The molecule has 1 amide bonds. The zero-order valence-electron chi connectivity index (χ0n) is 21.8. The van der Waals surface area contributed by atoms with E-state index >= 15 is 0 Å². The first-order valence-electron chi connectivity index (χ1n) is 11.9. The van der Waals surface area contributed by atoms with Crippen LogP contribution in [0.25, 0.3) is 0 Å². The Kier molecular flexibility index (Phi) is 9.63. The van der Waals surface area contributed by atoms with Crippen molar-refractivity contribution in [3.63, 3.8) is 0 Å². The Balaban J connectivity index is 2.45. The molecule has 8 heteroatoms. The van der Waals surface area contributed by atoms with E-state index in [0.717, 1.165) is 18.1 Å². The largest absolute Gasteiger partial charge is 0.469 e. The number of hydrogen-bond acceptors (Lipinski definition) is 3. The summed E-state index contributed by atoms with van der Waals surface area (Å²) >= 11 is 6.32. The molecule has 3 unspecified atom stereocenters. The second-order valence-electron chi connectivity index (χ2n) is 10.5. The highest BCUT2D eigenvalue weighted by molar-refractivity contribution is 6.33. The summed E-state index contributed by atoms with van der Waals surface area (Å²) in [7, 11) is 1.31. The number of esters is 1. The molecule has 0 aliphatic carbocycles. The number of nitrogens with one attached hydrogen (secondary N) is 1. The smallest absolute Gasteiger partial charge is 0.392 e. The van der Waals surface area contributed by atoms with Gasteiger partial charge >= 0.3 is 12.1 Å². The van der Waals surface area contributed by atoms with Crippen molar-refractivity contribution in [2.45, 2.75) is 71.4 Å². The van der Waals surface area contributed by atoms with Crippen LogP contribution in [-0.2, 0) is 19.7 Å². The average Bonchev–Trinajstić information content (AvgIpc) is 2.78. The van der Waals surface area contributed by atoms with Gasteiger partial charge < -0.3 is 10.1 Å². The first kappa shape index (κ1) is 29.7. The molecule has 0 saturated heterocycles. The maximum absolute atomic E-state index is 13.8. The molecule has 4 nitrogen and oxygen atoms in total. The quantitative estimate of drug-likeness (QED) is 0.357. The Morgan fingerprint density at radius 3 is 2.00 bits per heavy atom. The minimum atomic E-state index is -4.58. The summed E-state index contributed by atoms with van der Waals surface area (Å²) in [4.78, 5) is 25.2. The fraction of sp³-hybridized carbons (Fsp3) is 0.500. The molecular formula is C28H35ClF3NO3. The highest BCUT2D eigenvalue weighted by Crippen LogP contribution is 2.40. The fourth-order valence-corrected chi connectivity index (χ4v) is 4.29. The lowest BCUT2D eigenvalue weighted by atomic mass is 9.82. The maximum atomic E-state index is 13.8. The van der Waals surface area contributed by atoms with Crippen LogP contribution in [0.3, 0.4) is 0 Å². The van der Waals surface area contributed by atoms with Crippen LogP contribution >= 0.6 is 11.6 Å². The van der Waals surface area contributed by atoms with Crippen LogP contribution in [0, 0.1) is 11.8 Å². The molecule has 0 bridgehead atoms. The van der Waals surface area contributed by atoms with Gasteiger partial charge in [0.05, 0.1) is 36.1 Å². The first-order chi connectivity index (χ1) is 16.6. The Bertz CT molecular complexity index is 1060. The summed E-state index contributed by atoms with van der Waals surface area (Å²) in [5.74, 6) is -4.76. The van der Waals surface area contributed by atoms with Crippen molar-refractivity contribution in [3.8, 4) is 0 Å². The molecule has 0 aromatic heterocycles. The van der Waals surface area contributed by atoms with Crippen molar-refractivity contribution >= 4 is 29.2 Å². The number of carbonyl (C=O) groups is 2. The number of rotatable bonds is 8. The Labute approximate surface area is 216 Å². The molecule has 0 fully saturated rings. The minimum absolute atomic E-state index is 0.0631. The lowest BCUT2D eigenvalue weighted by molar-refractivity contribution is -0.178. The van der Waals surface area contributed by atoms with E-state index in [4.69, 9.17) is 16.3 Å². The molecular weight excluding hydrogens is 491 g/mol. The lowest BCUT2D eigenvalue weighted by Gasteiger charge is -2.27. The van der Waals surface area contributed by atoms with E-state index in [-0.39, 0.29) is 45.9 Å². The molecule has 3 atom stereocenters. The van der Waals surface area contributed by atoms with E-state index in [2.05, 4.69) is 5.32 Å². The number of hydrogen-bond donors (Lipinski definition) is 1. The normalized spacial score (nSPS) is 14.8. The topological polar surface area (TPSA) is 55.4 Å². The molecule has 36 heavy (non-hydrogen) atoms. The summed E-state index contributed by atoms with van der Waals surface area (Å²) in [6.45, 7) is 10.9. The number of ether oxygens (including phenoxy) is 1. The number of halogens is 4. The van der Waals surface area contributed by atoms with E-state index in [0.29, 0.717) is 0 Å². The third-order valence-corrected chi connectivity index (χ3v) is 6.86. The second-order valence-corrected chi connectivity index (χ2v) is 10.9. The third kappa shape index (κ3) is 7.48. The third-order valence-electron chi connectivity index (χ3n) is 6.53. The summed E-state index contributed by atoms with van der Waals surface area (Å²) < 4.78 is 46.2. The monoisotopic (exact) mass is 525 g/mol. The predicted molar refractivity (Wildman–Crippen MR) is 137 cm³/mol. The summed E-state index contributed by atoms with van der Waals surface area (Å²) in [5, 5.41) is 2.81. The van der Waals surface area contributed by atoms with Gasteiger partial charge in [0.25, 0.3) is 0 Å². The Hall–Kier alpha value is -2.54. The van der Waals surface area contributed by atoms with Gasteiger partial charge in [-0.25, -0.2) is 0 Å². The van der Waals surface area contributed by atoms with Gasteiger partial charge in [-0.1, -0.05) is 83.5 Å². The first-order valence-corrected chi connectivity index (χ1v) is 12.3. The SMILES string of the molecule is COC(=O)CC(c1ccc(Cl)c(NC(=O)C(c2ccc(C(C)(C)C)cc2)C(C)C(F)(F)F)c1)C(C)C. The van der Waals surface area contributed by atoms with Gasteiger partial charge in [0.15, 0.2) is 0 Å². The van der Waals surface area contributed by atoms with Crippen LogP contribution in [0.1, 0.15) is 76.5 Å². The van der Waals surface area contributed by atoms with E-state index in [1.807, 2.05) is 34.6 Å². The van der Waals surface area contributed by atoms with Crippen LogP contribution in [0.4, 0.5) is 18.9 Å². The molecule has 0 spiro atoms. The number of benzene rings is 2. The van der Waals surface area contributed by atoms with Crippen molar-refractivity contribution in [2.75, 3.05) is 12.4 Å². The average molecular weight is 526 g/mol. The predicted octanol–water partition coefficient (Wildman–Crippen LogP) is 7.86. The van der Waals surface area contributed by atoms with Crippen molar-refractivity contribution in [3.05, 3.63) is 64.2 Å². The van der Waals surface area contributed by atoms with E-state index in [1.165, 1.54) is 7.11 Å². The van der Waals surface area contributed by atoms with E-state index < -0.39 is 23.9 Å². The van der Waals surface area contributed by atoms with Crippen molar-refractivity contribution in [1.29, 1.82) is 0 Å². The zero-order valence-corrected chi connectivity index (χ0v) is 22.6. The minimum Gasteiger partial charge on any atom is -0.469 e. The Morgan fingerprint density at radius 1 is 0.972 bits per heavy atom. The Morgan fingerprint density at radius 2 is 1.53 bits per heavy atom. The standard InChI is InChI=1S/C28H35ClF3NO3/c1-16(2)21(15-24(34)36-7)19-10-13-22(29)23(14-19)33-26(35)25(17(3)28(30,31)32)18-8-11-20(12-9-18)27(4,5)6/h8-14,16-17,21,25H,15H2,1-7H3,(H,33,35). The zero-order chi connectivity index (χ0) is 27.4. The fourth-order valence-electron chi connectivity index (χ4n) is 4.13. The van der Waals surface area contributed by atoms with E-state index in [1.54, 1.807) is 42.5 Å². The van der Waals surface area contributed by atoms with Gasteiger partial charge in [0, 0.05) is 0 Å². The highest BCUT2D eigenvalue weighted by atomic mass is 35.5. The summed E-state index contributed by atoms with van der Waals surface area (Å²) in [5.41, 5.74) is 1.96. The molecule has 2 rings (SSSR count).